The van der Waals surface area contributed by atoms with E-state index in [0.29, 0.717) is 23.5 Å². The molecule has 0 aliphatic carbocycles. The fourth-order valence-corrected chi connectivity index (χ4v) is 3.32. The molecular weight excluding hydrogens is 356 g/mol. The van der Waals surface area contributed by atoms with Crippen LogP contribution in [0.2, 0.25) is 0 Å². The van der Waals surface area contributed by atoms with E-state index >= 15 is 0 Å². The van der Waals surface area contributed by atoms with Crippen molar-refractivity contribution in [2.45, 2.75) is 25.9 Å². The summed E-state index contributed by atoms with van der Waals surface area (Å²) in [5.74, 6) is -0.632. The van der Waals surface area contributed by atoms with Crippen molar-refractivity contribution in [1.29, 1.82) is 0 Å². The summed E-state index contributed by atoms with van der Waals surface area (Å²) in [6.07, 6.45) is 0.193. The number of rotatable bonds is 4. The molecule has 0 radical (unpaired) electrons. The number of para-hydroxylation sites is 2. The lowest BCUT2D eigenvalue weighted by Crippen LogP contribution is -2.45. The Morgan fingerprint density at radius 1 is 1.18 bits per heavy atom. The third-order valence-electron chi connectivity index (χ3n) is 4.78. The first-order chi connectivity index (χ1) is 13.4. The van der Waals surface area contributed by atoms with Crippen LogP contribution in [0.3, 0.4) is 0 Å². The molecule has 0 fully saturated rings. The van der Waals surface area contributed by atoms with Gasteiger partial charge in [-0.3, -0.25) is 14.4 Å². The Hall–Kier alpha value is -3.19. The van der Waals surface area contributed by atoms with E-state index in [4.69, 9.17) is 5.73 Å². The van der Waals surface area contributed by atoms with Crippen molar-refractivity contribution in [3.63, 3.8) is 0 Å². The molecule has 3 amide bonds. The summed E-state index contributed by atoms with van der Waals surface area (Å²) in [5, 5.41) is 2.83. The molecule has 1 atom stereocenters. The Bertz CT molecular complexity index is 895. The van der Waals surface area contributed by atoms with Gasteiger partial charge in [0.25, 0.3) is 5.91 Å². The second kappa shape index (κ2) is 8.22. The predicted molar refractivity (Wildman–Crippen MR) is 108 cm³/mol. The molecule has 146 valence electrons. The Balaban J connectivity index is 1.79. The topological polar surface area (TPSA) is 95.7 Å². The summed E-state index contributed by atoms with van der Waals surface area (Å²) in [4.78, 5) is 40.8. The van der Waals surface area contributed by atoms with Crippen molar-refractivity contribution in [3.8, 4) is 0 Å². The minimum Gasteiger partial charge on any atom is -0.332 e. The Morgan fingerprint density at radius 3 is 2.54 bits per heavy atom. The first kappa shape index (κ1) is 19.6. The van der Waals surface area contributed by atoms with Crippen LogP contribution in [-0.2, 0) is 16.1 Å². The number of nitrogens with one attached hydrogen (secondary N) is 1. The summed E-state index contributed by atoms with van der Waals surface area (Å²) < 4.78 is 0. The standard InChI is InChI=1S/C21H24N4O3/c1-14-11-19(26)23-17-5-3-4-6-18(17)25(14)20(27)13-24(2)21(28)16-9-7-15(12-22)8-10-16/h3-10,14H,11-13,22H2,1-2H3,(H,23,26). The number of carbonyl (C=O) groups excluding carboxylic acids is 3. The molecule has 1 heterocycles. The van der Waals surface area contributed by atoms with Crippen LogP contribution in [0.1, 0.15) is 29.3 Å². The third-order valence-corrected chi connectivity index (χ3v) is 4.78. The number of nitrogens with two attached hydrogens (primary N) is 1. The highest BCUT2D eigenvalue weighted by Gasteiger charge is 2.30. The zero-order valence-corrected chi connectivity index (χ0v) is 16.0. The molecule has 1 unspecified atom stereocenters. The maximum Gasteiger partial charge on any atom is 0.254 e. The van der Waals surface area contributed by atoms with E-state index in [-0.39, 0.29) is 36.7 Å². The lowest BCUT2D eigenvalue weighted by atomic mass is 10.1. The number of hydrogen-bond donors (Lipinski definition) is 2. The van der Waals surface area contributed by atoms with Crippen LogP contribution in [0.5, 0.6) is 0 Å². The van der Waals surface area contributed by atoms with Gasteiger partial charge in [-0.2, -0.15) is 0 Å². The first-order valence-corrected chi connectivity index (χ1v) is 9.16. The van der Waals surface area contributed by atoms with E-state index in [1.54, 1.807) is 54.4 Å². The Kier molecular flexibility index (Phi) is 5.75. The molecule has 1 aliphatic heterocycles. The number of anilines is 2. The summed E-state index contributed by atoms with van der Waals surface area (Å²) in [7, 11) is 1.59. The molecule has 2 aromatic rings. The van der Waals surface area contributed by atoms with Gasteiger partial charge in [-0.25, -0.2) is 0 Å². The zero-order valence-electron chi connectivity index (χ0n) is 16.0. The second-order valence-electron chi connectivity index (χ2n) is 6.94. The normalized spacial score (nSPS) is 16.0. The van der Waals surface area contributed by atoms with Crippen molar-refractivity contribution in [2.75, 3.05) is 23.8 Å². The molecule has 3 rings (SSSR count). The smallest absolute Gasteiger partial charge is 0.254 e. The highest BCUT2D eigenvalue weighted by atomic mass is 16.2. The fourth-order valence-electron chi connectivity index (χ4n) is 3.32. The van der Waals surface area contributed by atoms with Crippen LogP contribution in [0.4, 0.5) is 11.4 Å². The predicted octanol–water partition coefficient (Wildman–Crippen LogP) is 1.98. The zero-order chi connectivity index (χ0) is 20.3. The number of fused-ring (bicyclic) bond motifs is 1. The van der Waals surface area contributed by atoms with Crippen molar-refractivity contribution in [3.05, 3.63) is 59.7 Å². The molecular formula is C21H24N4O3. The van der Waals surface area contributed by atoms with E-state index in [1.807, 2.05) is 13.0 Å². The average molecular weight is 380 g/mol. The maximum absolute atomic E-state index is 13.1. The highest BCUT2D eigenvalue weighted by Crippen LogP contribution is 2.31. The van der Waals surface area contributed by atoms with Gasteiger partial charge in [0.1, 0.15) is 6.54 Å². The molecule has 0 spiro atoms. The molecule has 0 saturated carbocycles. The SMILES string of the molecule is CC1CC(=O)Nc2ccccc2N1C(=O)CN(C)C(=O)c1ccc(CN)cc1. The van der Waals surface area contributed by atoms with Crippen molar-refractivity contribution < 1.29 is 14.4 Å². The minimum atomic E-state index is -0.316. The van der Waals surface area contributed by atoms with Crippen LogP contribution in [0, 0.1) is 0 Å². The molecule has 0 saturated heterocycles. The third kappa shape index (κ3) is 4.04. The monoisotopic (exact) mass is 380 g/mol. The van der Waals surface area contributed by atoms with E-state index in [2.05, 4.69) is 5.32 Å². The van der Waals surface area contributed by atoms with E-state index in [0.717, 1.165) is 5.56 Å². The molecule has 2 aromatic carbocycles. The van der Waals surface area contributed by atoms with Crippen LogP contribution in [-0.4, -0.2) is 42.3 Å². The summed E-state index contributed by atoms with van der Waals surface area (Å²) in [6, 6.07) is 13.9. The molecule has 28 heavy (non-hydrogen) atoms. The largest absolute Gasteiger partial charge is 0.332 e. The summed E-state index contributed by atoms with van der Waals surface area (Å²) >= 11 is 0. The van der Waals surface area contributed by atoms with Crippen molar-refractivity contribution >= 4 is 29.1 Å². The van der Waals surface area contributed by atoms with Gasteiger partial charge in [0.15, 0.2) is 0 Å². The van der Waals surface area contributed by atoms with Gasteiger partial charge in [-0.05, 0) is 36.8 Å². The number of likely N-dealkylation sites (N-methyl/N-ethyl adjacent to an activating group) is 1. The molecule has 7 nitrogen and oxygen atoms in total. The number of hydrogen-bond acceptors (Lipinski definition) is 4. The molecule has 0 aromatic heterocycles. The molecule has 7 heteroatoms. The maximum atomic E-state index is 13.1. The van der Waals surface area contributed by atoms with Crippen LogP contribution >= 0.6 is 0 Å². The first-order valence-electron chi connectivity index (χ1n) is 9.16. The van der Waals surface area contributed by atoms with Gasteiger partial charge < -0.3 is 20.9 Å². The van der Waals surface area contributed by atoms with Gasteiger partial charge in [0.2, 0.25) is 11.8 Å². The van der Waals surface area contributed by atoms with Crippen molar-refractivity contribution in [1.82, 2.24) is 4.90 Å². The number of carbonyl (C=O) groups is 3. The molecule has 3 N–H and O–H groups in total. The Labute approximate surface area is 164 Å². The van der Waals surface area contributed by atoms with Crippen molar-refractivity contribution in [2.24, 2.45) is 5.73 Å². The van der Waals surface area contributed by atoms with E-state index < -0.39 is 0 Å². The van der Waals surface area contributed by atoms with Gasteiger partial charge >= 0.3 is 0 Å². The fraction of sp³-hybridized carbons (Fsp3) is 0.286. The lowest BCUT2D eigenvalue weighted by molar-refractivity contribution is -0.119. The quantitative estimate of drug-likeness (QED) is 0.848. The van der Waals surface area contributed by atoms with E-state index in [1.165, 1.54) is 4.90 Å². The molecule has 0 bridgehead atoms. The number of benzene rings is 2. The van der Waals surface area contributed by atoms with Crippen LogP contribution in [0.15, 0.2) is 48.5 Å². The average Bonchev–Trinajstić information content (AvgIpc) is 2.81. The molecule has 1 aliphatic rings. The van der Waals surface area contributed by atoms with Gasteiger partial charge in [0, 0.05) is 31.6 Å². The number of nitrogens with zero attached hydrogens (tertiary/aromatic N) is 2. The van der Waals surface area contributed by atoms with Gasteiger partial charge in [-0.1, -0.05) is 24.3 Å². The second-order valence-corrected chi connectivity index (χ2v) is 6.94. The number of amides is 3. The minimum absolute atomic E-state index is 0.0929. The van der Waals surface area contributed by atoms with E-state index in [9.17, 15) is 14.4 Å². The summed E-state index contributed by atoms with van der Waals surface area (Å²) in [6.45, 7) is 2.14. The lowest BCUT2D eigenvalue weighted by Gasteiger charge is -2.29. The Morgan fingerprint density at radius 2 is 1.86 bits per heavy atom. The van der Waals surface area contributed by atoms with Crippen LogP contribution in [0.25, 0.3) is 0 Å². The van der Waals surface area contributed by atoms with Gasteiger partial charge in [-0.15, -0.1) is 0 Å². The van der Waals surface area contributed by atoms with Crippen LogP contribution < -0.4 is 16.0 Å². The summed E-state index contributed by atoms with van der Waals surface area (Å²) in [5.41, 5.74) is 8.24. The highest BCUT2D eigenvalue weighted by molar-refractivity contribution is 6.06. The van der Waals surface area contributed by atoms with Gasteiger partial charge in [0.05, 0.1) is 11.4 Å².